The third kappa shape index (κ3) is 3.25. The van der Waals surface area contributed by atoms with Gasteiger partial charge in [0.05, 0.1) is 13.2 Å². The minimum atomic E-state index is -0.0868. The van der Waals surface area contributed by atoms with Crippen LogP contribution in [0.5, 0.6) is 0 Å². The normalized spacial score (nSPS) is 20.8. The van der Waals surface area contributed by atoms with Crippen molar-refractivity contribution in [2.45, 2.75) is 25.9 Å². The number of fused-ring (bicyclic) bond motifs is 1. The summed E-state index contributed by atoms with van der Waals surface area (Å²) in [5.41, 5.74) is 2.63. The van der Waals surface area contributed by atoms with Crippen LogP contribution in [-0.2, 0) is 17.7 Å². The van der Waals surface area contributed by atoms with E-state index in [0.717, 1.165) is 50.5 Å². The van der Waals surface area contributed by atoms with Crippen LogP contribution in [0.2, 0.25) is 0 Å². The number of hydrogen-bond donors (Lipinski definition) is 3. The topological polar surface area (TPSA) is 82.3 Å². The Morgan fingerprint density at radius 2 is 2.29 bits per heavy atom. The average Bonchev–Trinajstić information content (AvgIpc) is 2.97. The molecule has 0 radical (unpaired) electrons. The molecule has 7 heteroatoms. The van der Waals surface area contributed by atoms with Crippen molar-refractivity contribution < 1.29 is 9.53 Å². The fourth-order valence-corrected chi connectivity index (χ4v) is 2.88. The quantitative estimate of drug-likeness (QED) is 0.697. The summed E-state index contributed by atoms with van der Waals surface area (Å²) in [4.78, 5) is 14.6. The standard InChI is InChI=1S/C14H23N5O2/c1-10(19-4-6-21-7-5-19)8-16-14(20)13-11-9-15-3-2-12(11)17-18-13/h10,15H,2-9H2,1H3,(H,16,20)(H,17,18). The summed E-state index contributed by atoms with van der Waals surface area (Å²) >= 11 is 0. The van der Waals surface area contributed by atoms with E-state index in [2.05, 4.69) is 32.7 Å². The smallest absolute Gasteiger partial charge is 0.272 e. The lowest BCUT2D eigenvalue weighted by Gasteiger charge is -2.32. The van der Waals surface area contributed by atoms with Gasteiger partial charge in [-0.05, 0) is 6.92 Å². The third-order valence-electron chi connectivity index (χ3n) is 4.25. The summed E-state index contributed by atoms with van der Waals surface area (Å²) < 4.78 is 5.35. The third-order valence-corrected chi connectivity index (χ3v) is 4.25. The Bertz CT molecular complexity index is 496. The SMILES string of the molecule is CC(CNC(=O)c1n[nH]c2c1CNCC2)N1CCOCC1. The van der Waals surface area contributed by atoms with Gasteiger partial charge in [-0.3, -0.25) is 14.8 Å². The van der Waals surface area contributed by atoms with E-state index in [1.807, 2.05) is 0 Å². The van der Waals surface area contributed by atoms with Crippen molar-refractivity contribution >= 4 is 5.91 Å². The molecule has 1 fully saturated rings. The molecule has 1 saturated heterocycles. The molecular formula is C14H23N5O2. The largest absolute Gasteiger partial charge is 0.379 e. The Hall–Kier alpha value is -1.44. The predicted molar refractivity (Wildman–Crippen MR) is 78.2 cm³/mol. The van der Waals surface area contributed by atoms with E-state index in [-0.39, 0.29) is 5.91 Å². The number of nitrogens with zero attached hydrogens (tertiary/aromatic N) is 2. The monoisotopic (exact) mass is 293 g/mol. The molecule has 0 spiro atoms. The minimum absolute atomic E-state index is 0.0868. The molecule has 116 valence electrons. The van der Waals surface area contributed by atoms with Crippen molar-refractivity contribution in [2.75, 3.05) is 39.4 Å². The molecule has 2 aliphatic heterocycles. The number of morpholine rings is 1. The molecule has 1 amide bonds. The molecule has 21 heavy (non-hydrogen) atoms. The van der Waals surface area contributed by atoms with E-state index < -0.39 is 0 Å². The number of aromatic amines is 1. The van der Waals surface area contributed by atoms with Gasteiger partial charge in [-0.2, -0.15) is 5.10 Å². The molecule has 3 heterocycles. The van der Waals surface area contributed by atoms with Crippen molar-refractivity contribution in [3.63, 3.8) is 0 Å². The van der Waals surface area contributed by atoms with Crippen LogP contribution in [0.25, 0.3) is 0 Å². The molecule has 0 bridgehead atoms. The molecule has 0 saturated carbocycles. The van der Waals surface area contributed by atoms with E-state index >= 15 is 0 Å². The summed E-state index contributed by atoms with van der Waals surface area (Å²) in [6.45, 7) is 7.82. The first-order valence-electron chi connectivity index (χ1n) is 7.62. The van der Waals surface area contributed by atoms with E-state index in [9.17, 15) is 4.79 Å². The second-order valence-electron chi connectivity index (χ2n) is 5.66. The predicted octanol–water partition coefficient (Wildman–Crippen LogP) is -0.494. The first-order valence-corrected chi connectivity index (χ1v) is 7.62. The Kier molecular flexibility index (Phi) is 4.52. The highest BCUT2D eigenvalue weighted by atomic mass is 16.5. The van der Waals surface area contributed by atoms with E-state index in [0.29, 0.717) is 24.8 Å². The van der Waals surface area contributed by atoms with Crippen molar-refractivity contribution in [2.24, 2.45) is 0 Å². The lowest BCUT2D eigenvalue weighted by molar-refractivity contribution is 0.0204. The van der Waals surface area contributed by atoms with Gasteiger partial charge in [0.25, 0.3) is 5.91 Å². The second-order valence-corrected chi connectivity index (χ2v) is 5.66. The highest BCUT2D eigenvalue weighted by Gasteiger charge is 2.23. The van der Waals surface area contributed by atoms with Gasteiger partial charge in [0.1, 0.15) is 0 Å². The summed E-state index contributed by atoms with van der Waals surface area (Å²) in [5.74, 6) is -0.0868. The van der Waals surface area contributed by atoms with Gasteiger partial charge in [0, 0.05) is 56.4 Å². The van der Waals surface area contributed by atoms with Gasteiger partial charge >= 0.3 is 0 Å². The number of aromatic nitrogens is 2. The first kappa shape index (κ1) is 14.5. The van der Waals surface area contributed by atoms with Crippen LogP contribution < -0.4 is 10.6 Å². The number of rotatable bonds is 4. The van der Waals surface area contributed by atoms with Gasteiger partial charge < -0.3 is 15.4 Å². The number of carbonyl (C=O) groups excluding carboxylic acids is 1. The maximum Gasteiger partial charge on any atom is 0.272 e. The molecule has 3 rings (SSSR count). The van der Waals surface area contributed by atoms with Crippen LogP contribution in [0.3, 0.4) is 0 Å². The highest BCUT2D eigenvalue weighted by Crippen LogP contribution is 2.15. The molecule has 1 atom stereocenters. The van der Waals surface area contributed by atoms with Gasteiger partial charge in [-0.15, -0.1) is 0 Å². The molecule has 1 aromatic rings. The van der Waals surface area contributed by atoms with Crippen LogP contribution >= 0.6 is 0 Å². The summed E-state index contributed by atoms with van der Waals surface area (Å²) in [5, 5.41) is 13.4. The zero-order chi connectivity index (χ0) is 14.7. The van der Waals surface area contributed by atoms with Crippen molar-refractivity contribution in [1.29, 1.82) is 0 Å². The molecule has 1 unspecified atom stereocenters. The maximum atomic E-state index is 12.3. The van der Waals surface area contributed by atoms with Crippen LogP contribution in [-0.4, -0.2) is 66.4 Å². The molecule has 0 aromatic carbocycles. The Labute approximate surface area is 124 Å². The molecular weight excluding hydrogens is 270 g/mol. The Balaban J connectivity index is 1.55. The average molecular weight is 293 g/mol. The molecule has 0 aliphatic carbocycles. The van der Waals surface area contributed by atoms with Crippen LogP contribution in [0.15, 0.2) is 0 Å². The van der Waals surface area contributed by atoms with Crippen LogP contribution in [0, 0.1) is 0 Å². The summed E-state index contributed by atoms with van der Waals surface area (Å²) in [6.07, 6.45) is 0.903. The molecule has 2 aliphatic rings. The minimum Gasteiger partial charge on any atom is -0.379 e. The zero-order valence-corrected chi connectivity index (χ0v) is 12.4. The number of amides is 1. The van der Waals surface area contributed by atoms with Gasteiger partial charge in [-0.25, -0.2) is 0 Å². The molecule has 1 aromatic heterocycles. The lowest BCUT2D eigenvalue weighted by Crippen LogP contribution is -2.47. The second kappa shape index (κ2) is 6.55. The van der Waals surface area contributed by atoms with Crippen LogP contribution in [0.1, 0.15) is 28.7 Å². The van der Waals surface area contributed by atoms with E-state index in [1.54, 1.807) is 0 Å². The number of H-pyrrole nitrogens is 1. The fraction of sp³-hybridized carbons (Fsp3) is 0.714. The summed E-state index contributed by atoms with van der Waals surface area (Å²) in [6, 6.07) is 0.311. The number of carbonyl (C=O) groups is 1. The van der Waals surface area contributed by atoms with Crippen molar-refractivity contribution in [1.82, 2.24) is 25.7 Å². The Morgan fingerprint density at radius 3 is 3.10 bits per heavy atom. The van der Waals surface area contributed by atoms with E-state index in [1.165, 1.54) is 0 Å². The lowest BCUT2D eigenvalue weighted by atomic mass is 10.1. The number of ether oxygens (including phenoxy) is 1. The number of nitrogens with one attached hydrogen (secondary N) is 3. The van der Waals surface area contributed by atoms with Crippen LogP contribution in [0.4, 0.5) is 0 Å². The highest BCUT2D eigenvalue weighted by molar-refractivity contribution is 5.94. The van der Waals surface area contributed by atoms with Crippen molar-refractivity contribution in [3.8, 4) is 0 Å². The van der Waals surface area contributed by atoms with Gasteiger partial charge in [0.2, 0.25) is 0 Å². The van der Waals surface area contributed by atoms with Gasteiger partial charge in [-0.1, -0.05) is 0 Å². The fourth-order valence-electron chi connectivity index (χ4n) is 2.88. The molecule has 7 nitrogen and oxygen atoms in total. The molecule has 3 N–H and O–H groups in total. The van der Waals surface area contributed by atoms with Gasteiger partial charge in [0.15, 0.2) is 5.69 Å². The first-order chi connectivity index (χ1) is 10.3. The number of hydrogen-bond acceptors (Lipinski definition) is 5. The zero-order valence-electron chi connectivity index (χ0n) is 12.4. The maximum absolute atomic E-state index is 12.3. The summed E-state index contributed by atoms with van der Waals surface area (Å²) in [7, 11) is 0. The van der Waals surface area contributed by atoms with Crippen molar-refractivity contribution in [3.05, 3.63) is 17.0 Å². The Morgan fingerprint density at radius 1 is 1.48 bits per heavy atom. The van der Waals surface area contributed by atoms with E-state index in [4.69, 9.17) is 4.74 Å².